The van der Waals surface area contributed by atoms with Gasteiger partial charge >= 0.3 is 5.97 Å². The number of hydrogen-bond acceptors (Lipinski definition) is 3. The Kier molecular flexibility index (Phi) is 4.68. The summed E-state index contributed by atoms with van der Waals surface area (Å²) >= 11 is 0. The standard InChI is InChI=1S/C20H27NO3/c1-5-20(12-17(22)23-6-2)19-16(10-11-24-20)15-9-7-8-14(13(3)4)18(15)21-19/h7-9,13,21H,5-6,10-12H2,1-4H3. The van der Waals surface area contributed by atoms with Gasteiger partial charge in [0.1, 0.15) is 5.60 Å². The molecule has 1 unspecified atom stereocenters. The third kappa shape index (κ3) is 2.73. The van der Waals surface area contributed by atoms with E-state index in [0.717, 1.165) is 18.5 Å². The molecular formula is C20H27NO3. The number of ether oxygens (including phenoxy) is 2. The zero-order valence-electron chi connectivity index (χ0n) is 15.1. The Morgan fingerprint density at radius 2 is 2.17 bits per heavy atom. The van der Waals surface area contributed by atoms with Gasteiger partial charge in [-0.25, -0.2) is 0 Å². The van der Waals surface area contributed by atoms with Gasteiger partial charge in [-0.3, -0.25) is 4.79 Å². The summed E-state index contributed by atoms with van der Waals surface area (Å²) in [6.07, 6.45) is 1.87. The fourth-order valence-corrected chi connectivity index (χ4v) is 3.84. The molecule has 1 N–H and O–H groups in total. The highest BCUT2D eigenvalue weighted by Gasteiger charge is 2.41. The van der Waals surface area contributed by atoms with Gasteiger partial charge in [-0.1, -0.05) is 39.0 Å². The zero-order chi connectivity index (χ0) is 17.3. The molecule has 1 atom stereocenters. The smallest absolute Gasteiger partial charge is 0.309 e. The molecule has 0 spiro atoms. The van der Waals surface area contributed by atoms with Crippen LogP contribution in [0.15, 0.2) is 18.2 Å². The van der Waals surface area contributed by atoms with E-state index < -0.39 is 5.60 Å². The molecule has 0 bridgehead atoms. The molecule has 2 aromatic rings. The second-order valence-electron chi connectivity index (χ2n) is 6.83. The molecule has 2 heterocycles. The van der Waals surface area contributed by atoms with Crippen molar-refractivity contribution in [3.8, 4) is 0 Å². The first kappa shape index (κ1) is 17.0. The van der Waals surface area contributed by atoms with Gasteiger partial charge in [0, 0.05) is 10.9 Å². The highest BCUT2D eigenvalue weighted by atomic mass is 16.5. The lowest BCUT2D eigenvalue weighted by Crippen LogP contribution is -2.37. The Morgan fingerprint density at radius 1 is 1.38 bits per heavy atom. The quantitative estimate of drug-likeness (QED) is 0.826. The number of esters is 1. The molecular weight excluding hydrogens is 302 g/mol. The Bertz CT molecular complexity index is 747. The predicted octanol–water partition coefficient (Wildman–Crippen LogP) is 4.42. The summed E-state index contributed by atoms with van der Waals surface area (Å²) in [6.45, 7) is 9.35. The third-order valence-electron chi connectivity index (χ3n) is 5.09. The molecule has 130 valence electrons. The van der Waals surface area contributed by atoms with E-state index in [0.29, 0.717) is 19.1 Å². The Labute approximate surface area is 143 Å². The van der Waals surface area contributed by atoms with Crippen molar-refractivity contribution in [2.24, 2.45) is 0 Å². The van der Waals surface area contributed by atoms with Gasteiger partial charge in [0.2, 0.25) is 0 Å². The van der Waals surface area contributed by atoms with E-state index >= 15 is 0 Å². The third-order valence-corrected chi connectivity index (χ3v) is 5.09. The van der Waals surface area contributed by atoms with Crippen molar-refractivity contribution in [3.05, 3.63) is 35.0 Å². The average Bonchev–Trinajstić information content (AvgIpc) is 2.95. The summed E-state index contributed by atoms with van der Waals surface area (Å²) in [5, 5.41) is 1.26. The number of fused-ring (bicyclic) bond motifs is 3. The summed E-state index contributed by atoms with van der Waals surface area (Å²) in [6, 6.07) is 6.47. The summed E-state index contributed by atoms with van der Waals surface area (Å²) in [5.74, 6) is 0.241. The topological polar surface area (TPSA) is 51.3 Å². The molecule has 4 heteroatoms. The van der Waals surface area contributed by atoms with Crippen molar-refractivity contribution in [2.75, 3.05) is 13.2 Å². The summed E-state index contributed by atoms with van der Waals surface area (Å²) in [7, 11) is 0. The number of aromatic nitrogens is 1. The number of nitrogens with one attached hydrogen (secondary N) is 1. The summed E-state index contributed by atoms with van der Waals surface area (Å²) < 4.78 is 11.3. The lowest BCUT2D eigenvalue weighted by Gasteiger charge is -2.36. The van der Waals surface area contributed by atoms with E-state index in [2.05, 4.69) is 44.0 Å². The number of carbonyl (C=O) groups excluding carboxylic acids is 1. The molecule has 24 heavy (non-hydrogen) atoms. The maximum absolute atomic E-state index is 12.2. The minimum absolute atomic E-state index is 0.199. The molecule has 3 rings (SSSR count). The molecule has 4 nitrogen and oxygen atoms in total. The van der Waals surface area contributed by atoms with Gasteiger partial charge in [0.25, 0.3) is 0 Å². The van der Waals surface area contributed by atoms with Crippen LogP contribution in [0, 0.1) is 0 Å². The summed E-state index contributed by atoms with van der Waals surface area (Å²) in [4.78, 5) is 15.8. The fraction of sp³-hybridized carbons (Fsp3) is 0.550. The van der Waals surface area contributed by atoms with Gasteiger partial charge in [-0.15, -0.1) is 0 Å². The van der Waals surface area contributed by atoms with E-state index in [1.807, 2.05) is 6.92 Å². The SMILES string of the molecule is CCOC(=O)CC1(CC)OCCc2c1[nH]c1c(C(C)C)cccc21. The molecule has 0 saturated heterocycles. The van der Waals surface area contributed by atoms with Crippen molar-refractivity contribution in [1.82, 2.24) is 4.98 Å². The Hall–Kier alpha value is -1.81. The minimum atomic E-state index is -0.604. The lowest BCUT2D eigenvalue weighted by atomic mass is 9.86. The highest BCUT2D eigenvalue weighted by molar-refractivity contribution is 5.88. The van der Waals surface area contributed by atoms with Crippen LogP contribution in [0.3, 0.4) is 0 Å². The van der Waals surface area contributed by atoms with Crippen molar-refractivity contribution < 1.29 is 14.3 Å². The molecule has 0 radical (unpaired) electrons. The van der Waals surface area contributed by atoms with Gasteiger partial charge in [-0.2, -0.15) is 0 Å². The van der Waals surface area contributed by atoms with Crippen LogP contribution in [0.2, 0.25) is 0 Å². The van der Waals surface area contributed by atoms with Crippen LogP contribution in [0.1, 0.15) is 63.3 Å². The normalized spacial score (nSPS) is 20.4. The van der Waals surface area contributed by atoms with E-state index in [9.17, 15) is 4.79 Å². The number of carbonyl (C=O) groups is 1. The van der Waals surface area contributed by atoms with Crippen LogP contribution in [0.5, 0.6) is 0 Å². The van der Waals surface area contributed by atoms with E-state index in [1.54, 1.807) is 0 Å². The summed E-state index contributed by atoms with van der Waals surface area (Å²) in [5.41, 5.74) is 4.25. The largest absolute Gasteiger partial charge is 0.466 e. The van der Waals surface area contributed by atoms with Crippen LogP contribution in [0.4, 0.5) is 0 Å². The molecule has 0 aliphatic carbocycles. The fourth-order valence-electron chi connectivity index (χ4n) is 3.84. The van der Waals surface area contributed by atoms with E-state index in [1.165, 1.54) is 22.0 Å². The second kappa shape index (κ2) is 6.60. The number of H-pyrrole nitrogens is 1. The molecule has 1 aromatic heterocycles. The molecule has 1 aliphatic heterocycles. The van der Waals surface area contributed by atoms with Crippen molar-refractivity contribution in [2.45, 2.75) is 58.5 Å². The highest BCUT2D eigenvalue weighted by Crippen LogP contribution is 2.42. The number of hydrogen-bond donors (Lipinski definition) is 1. The number of para-hydroxylation sites is 1. The first-order valence-corrected chi connectivity index (χ1v) is 8.96. The first-order valence-electron chi connectivity index (χ1n) is 8.96. The average molecular weight is 329 g/mol. The maximum atomic E-state index is 12.2. The number of benzene rings is 1. The van der Waals surface area contributed by atoms with E-state index in [4.69, 9.17) is 9.47 Å². The van der Waals surface area contributed by atoms with Crippen LogP contribution >= 0.6 is 0 Å². The van der Waals surface area contributed by atoms with Crippen molar-refractivity contribution in [3.63, 3.8) is 0 Å². The molecule has 0 saturated carbocycles. The van der Waals surface area contributed by atoms with Gasteiger partial charge in [0.15, 0.2) is 0 Å². The molecule has 0 fully saturated rings. The van der Waals surface area contributed by atoms with Gasteiger partial charge in [0.05, 0.1) is 25.3 Å². The van der Waals surface area contributed by atoms with Gasteiger partial charge < -0.3 is 14.5 Å². The Morgan fingerprint density at radius 3 is 2.83 bits per heavy atom. The van der Waals surface area contributed by atoms with Crippen molar-refractivity contribution in [1.29, 1.82) is 0 Å². The van der Waals surface area contributed by atoms with Crippen LogP contribution in [0.25, 0.3) is 10.9 Å². The van der Waals surface area contributed by atoms with Gasteiger partial charge in [-0.05, 0) is 36.8 Å². The molecule has 1 aliphatic rings. The number of rotatable bonds is 5. The Balaban J connectivity index is 2.14. The molecule has 1 aromatic carbocycles. The zero-order valence-corrected chi connectivity index (χ0v) is 15.1. The monoisotopic (exact) mass is 329 g/mol. The van der Waals surface area contributed by atoms with Crippen LogP contribution in [-0.2, 0) is 26.3 Å². The van der Waals surface area contributed by atoms with Crippen LogP contribution < -0.4 is 0 Å². The minimum Gasteiger partial charge on any atom is -0.466 e. The molecule has 0 amide bonds. The number of aromatic amines is 1. The van der Waals surface area contributed by atoms with Crippen LogP contribution in [-0.4, -0.2) is 24.2 Å². The first-order chi connectivity index (χ1) is 11.5. The second-order valence-corrected chi connectivity index (χ2v) is 6.83. The lowest BCUT2D eigenvalue weighted by molar-refractivity contribution is -0.154. The van der Waals surface area contributed by atoms with Crippen molar-refractivity contribution >= 4 is 16.9 Å². The predicted molar refractivity (Wildman–Crippen MR) is 95.3 cm³/mol. The maximum Gasteiger partial charge on any atom is 0.309 e. The van der Waals surface area contributed by atoms with E-state index in [-0.39, 0.29) is 12.4 Å².